The van der Waals surface area contributed by atoms with E-state index in [4.69, 9.17) is 18.9 Å². The van der Waals surface area contributed by atoms with E-state index in [1.54, 1.807) is 33.5 Å². The Hall–Kier alpha value is -3.67. The van der Waals surface area contributed by atoms with Gasteiger partial charge in [0.25, 0.3) is 0 Å². The highest BCUT2D eigenvalue weighted by Crippen LogP contribution is 2.31. The van der Waals surface area contributed by atoms with Crippen LogP contribution in [0.25, 0.3) is 0 Å². The lowest BCUT2D eigenvalue weighted by atomic mass is 10.1. The lowest BCUT2D eigenvalue weighted by molar-refractivity contribution is -0.121. The summed E-state index contributed by atoms with van der Waals surface area (Å²) in [6.07, 6.45) is 0.181. The summed E-state index contributed by atoms with van der Waals surface area (Å²) >= 11 is 0. The topological polar surface area (TPSA) is 66.0 Å². The van der Waals surface area contributed by atoms with Gasteiger partial charge in [0.2, 0.25) is 5.91 Å². The second-order valence-electron chi connectivity index (χ2n) is 7.33. The van der Waals surface area contributed by atoms with Crippen LogP contribution in [0, 0.1) is 0 Å². The maximum Gasteiger partial charge on any atom is 0.225 e. The minimum Gasteiger partial charge on any atom is -0.497 e. The molecule has 32 heavy (non-hydrogen) atoms. The van der Waals surface area contributed by atoms with Gasteiger partial charge in [-0.1, -0.05) is 36.4 Å². The molecule has 1 unspecified atom stereocenters. The fourth-order valence-electron chi connectivity index (χ4n) is 3.38. The molecule has 0 saturated carbocycles. The molecule has 6 nitrogen and oxygen atoms in total. The third-order valence-electron chi connectivity index (χ3n) is 5.14. The molecule has 0 radical (unpaired) electrons. The zero-order valence-electron chi connectivity index (χ0n) is 18.9. The van der Waals surface area contributed by atoms with Gasteiger partial charge in [-0.15, -0.1) is 0 Å². The van der Waals surface area contributed by atoms with Crippen LogP contribution in [0.15, 0.2) is 66.7 Å². The Morgan fingerprint density at radius 2 is 1.56 bits per heavy atom. The predicted octanol–water partition coefficient (Wildman–Crippen LogP) is 4.71. The van der Waals surface area contributed by atoms with Crippen molar-refractivity contribution in [3.05, 3.63) is 83.4 Å². The molecule has 168 valence electrons. The van der Waals surface area contributed by atoms with Crippen LogP contribution in [0.2, 0.25) is 0 Å². The summed E-state index contributed by atoms with van der Waals surface area (Å²) in [5.41, 5.74) is 2.76. The van der Waals surface area contributed by atoms with E-state index in [-0.39, 0.29) is 18.4 Å². The van der Waals surface area contributed by atoms with E-state index in [0.29, 0.717) is 29.6 Å². The van der Waals surface area contributed by atoms with E-state index in [1.165, 1.54) is 0 Å². The fourth-order valence-corrected chi connectivity index (χ4v) is 3.38. The van der Waals surface area contributed by atoms with Crippen LogP contribution >= 0.6 is 0 Å². The van der Waals surface area contributed by atoms with Gasteiger partial charge < -0.3 is 24.3 Å². The summed E-state index contributed by atoms with van der Waals surface area (Å²) in [6.45, 7) is 2.38. The van der Waals surface area contributed by atoms with Gasteiger partial charge in [-0.05, 0) is 48.4 Å². The van der Waals surface area contributed by atoms with Crippen molar-refractivity contribution in [2.45, 2.75) is 26.0 Å². The monoisotopic (exact) mass is 435 g/mol. The van der Waals surface area contributed by atoms with Crippen LogP contribution in [-0.2, 0) is 17.8 Å². The Morgan fingerprint density at radius 3 is 2.25 bits per heavy atom. The summed E-state index contributed by atoms with van der Waals surface area (Å²) in [7, 11) is 4.78. The van der Waals surface area contributed by atoms with Crippen LogP contribution < -0.4 is 24.3 Å². The van der Waals surface area contributed by atoms with E-state index < -0.39 is 0 Å². The molecular weight excluding hydrogens is 406 g/mol. The highest BCUT2D eigenvalue weighted by Gasteiger charge is 2.15. The van der Waals surface area contributed by atoms with E-state index >= 15 is 0 Å². The van der Waals surface area contributed by atoms with Crippen molar-refractivity contribution < 1.29 is 23.7 Å². The summed E-state index contributed by atoms with van der Waals surface area (Å²) in [5, 5.41) is 3.03. The standard InChI is InChI=1S/C26H29NO5/c1-18(27-26(28)16-21-14-22(29-2)11-13-23(21)30-3)20-10-12-24(25(15-20)31-4)32-17-19-8-6-5-7-9-19/h5-15,18H,16-17H2,1-4H3,(H,27,28). The van der Waals surface area contributed by atoms with E-state index in [9.17, 15) is 4.79 Å². The third-order valence-corrected chi connectivity index (χ3v) is 5.14. The van der Waals surface area contributed by atoms with Gasteiger partial charge in [0.1, 0.15) is 18.1 Å². The molecule has 0 aromatic heterocycles. The van der Waals surface area contributed by atoms with Crippen molar-refractivity contribution in [2.75, 3.05) is 21.3 Å². The number of nitrogens with one attached hydrogen (secondary N) is 1. The molecule has 3 rings (SSSR count). The number of hydrogen-bond donors (Lipinski definition) is 1. The molecule has 0 aliphatic heterocycles. The van der Waals surface area contributed by atoms with Gasteiger partial charge >= 0.3 is 0 Å². The first-order chi connectivity index (χ1) is 15.5. The molecule has 0 saturated heterocycles. The van der Waals surface area contributed by atoms with Crippen LogP contribution in [0.5, 0.6) is 23.0 Å². The van der Waals surface area contributed by atoms with Gasteiger partial charge in [-0.25, -0.2) is 0 Å². The fraction of sp³-hybridized carbons (Fsp3) is 0.269. The first kappa shape index (κ1) is 23.0. The summed E-state index contributed by atoms with van der Waals surface area (Å²) < 4.78 is 22.1. The number of carbonyl (C=O) groups excluding carboxylic acids is 1. The van der Waals surface area contributed by atoms with Crippen molar-refractivity contribution in [1.82, 2.24) is 5.32 Å². The van der Waals surface area contributed by atoms with Crippen LogP contribution in [0.3, 0.4) is 0 Å². The normalized spacial score (nSPS) is 11.4. The van der Waals surface area contributed by atoms with Gasteiger partial charge in [-0.2, -0.15) is 0 Å². The number of carbonyl (C=O) groups is 1. The molecule has 3 aromatic carbocycles. The van der Waals surface area contributed by atoms with Gasteiger partial charge in [-0.3, -0.25) is 4.79 Å². The second kappa shape index (κ2) is 11.1. The Labute approximate surface area is 189 Å². The largest absolute Gasteiger partial charge is 0.497 e. The molecule has 0 fully saturated rings. The molecule has 0 aliphatic carbocycles. The molecule has 1 N–H and O–H groups in total. The van der Waals surface area contributed by atoms with Crippen LogP contribution in [-0.4, -0.2) is 27.2 Å². The molecule has 6 heteroatoms. The Bertz CT molecular complexity index is 1040. The van der Waals surface area contributed by atoms with Gasteiger partial charge in [0.15, 0.2) is 11.5 Å². The minimum atomic E-state index is -0.212. The third kappa shape index (κ3) is 5.94. The average Bonchev–Trinajstić information content (AvgIpc) is 2.83. The zero-order chi connectivity index (χ0) is 22.9. The van der Waals surface area contributed by atoms with E-state index in [2.05, 4.69) is 5.32 Å². The molecule has 1 atom stereocenters. The van der Waals surface area contributed by atoms with Crippen molar-refractivity contribution in [3.63, 3.8) is 0 Å². The van der Waals surface area contributed by atoms with Crippen molar-refractivity contribution >= 4 is 5.91 Å². The SMILES string of the molecule is COc1ccc(OC)c(CC(=O)NC(C)c2ccc(OCc3ccccc3)c(OC)c2)c1. The number of benzene rings is 3. The van der Waals surface area contributed by atoms with E-state index in [0.717, 1.165) is 16.7 Å². The smallest absolute Gasteiger partial charge is 0.225 e. The molecule has 1 amide bonds. The number of ether oxygens (including phenoxy) is 4. The average molecular weight is 436 g/mol. The first-order valence-electron chi connectivity index (χ1n) is 10.4. The van der Waals surface area contributed by atoms with E-state index in [1.807, 2.05) is 61.5 Å². The van der Waals surface area contributed by atoms with Crippen molar-refractivity contribution in [3.8, 4) is 23.0 Å². The van der Waals surface area contributed by atoms with Gasteiger partial charge in [0, 0.05) is 5.56 Å². The number of hydrogen-bond acceptors (Lipinski definition) is 5. The Kier molecular flexibility index (Phi) is 7.97. The first-order valence-corrected chi connectivity index (χ1v) is 10.4. The van der Waals surface area contributed by atoms with Crippen molar-refractivity contribution in [2.24, 2.45) is 0 Å². The minimum absolute atomic E-state index is 0.118. The molecule has 0 bridgehead atoms. The summed E-state index contributed by atoms with van der Waals surface area (Å²) in [6, 6.07) is 20.8. The maximum atomic E-state index is 12.7. The zero-order valence-corrected chi connectivity index (χ0v) is 18.9. The summed E-state index contributed by atoms with van der Waals surface area (Å²) in [4.78, 5) is 12.7. The predicted molar refractivity (Wildman–Crippen MR) is 124 cm³/mol. The molecule has 3 aromatic rings. The highest BCUT2D eigenvalue weighted by molar-refractivity contribution is 5.80. The summed E-state index contributed by atoms with van der Waals surface area (Å²) in [5.74, 6) is 2.48. The van der Waals surface area contributed by atoms with Crippen molar-refractivity contribution in [1.29, 1.82) is 0 Å². The van der Waals surface area contributed by atoms with Crippen LogP contribution in [0.1, 0.15) is 29.7 Å². The molecule has 0 spiro atoms. The van der Waals surface area contributed by atoms with Crippen LogP contribution in [0.4, 0.5) is 0 Å². The molecular formula is C26H29NO5. The number of rotatable bonds is 10. The maximum absolute atomic E-state index is 12.7. The molecule has 0 aliphatic rings. The quantitative estimate of drug-likeness (QED) is 0.500. The Balaban J connectivity index is 1.65. The highest BCUT2D eigenvalue weighted by atomic mass is 16.5. The molecule has 0 heterocycles. The number of methoxy groups -OCH3 is 3. The second-order valence-corrected chi connectivity index (χ2v) is 7.33. The number of amides is 1. The van der Waals surface area contributed by atoms with Gasteiger partial charge in [0.05, 0.1) is 33.8 Å². The lowest BCUT2D eigenvalue weighted by Crippen LogP contribution is -2.28. The lowest BCUT2D eigenvalue weighted by Gasteiger charge is -2.18. The Morgan fingerprint density at radius 1 is 0.844 bits per heavy atom.